The highest BCUT2D eigenvalue weighted by Crippen LogP contribution is 1.75. The van der Waals surface area contributed by atoms with E-state index in [4.69, 9.17) is 0 Å². The molecule has 4 nitrogen and oxygen atoms in total. The highest BCUT2D eigenvalue weighted by atomic mass is 14.8. The van der Waals surface area contributed by atoms with Gasteiger partial charge in [-0.05, 0) is 6.08 Å². The Balaban J connectivity index is 0.000000127. The molecule has 62 valence electrons. The first kappa shape index (κ1) is 8.26. The molecule has 0 amide bonds. The van der Waals surface area contributed by atoms with Crippen LogP contribution in [0.4, 0.5) is 0 Å². The van der Waals surface area contributed by atoms with Crippen LogP contribution < -0.4 is 5.32 Å². The molecule has 0 unspecified atom stereocenters. The van der Waals surface area contributed by atoms with Gasteiger partial charge in [-0.25, -0.2) is 4.98 Å². The third-order valence-corrected chi connectivity index (χ3v) is 1.03. The number of aliphatic imine (C=N–C) groups is 1. The fourth-order valence-electron chi connectivity index (χ4n) is 0.555. The largest absolute Gasteiger partial charge is 0.366 e. The minimum Gasteiger partial charge on any atom is -0.366 e. The summed E-state index contributed by atoms with van der Waals surface area (Å²) in [5.41, 5.74) is 0. The lowest BCUT2D eigenvalue weighted by Crippen LogP contribution is -1.87. The molecule has 0 radical (unpaired) electrons. The molecular weight excluding hydrogens is 152 g/mol. The van der Waals surface area contributed by atoms with Crippen molar-refractivity contribution in [3.63, 3.8) is 0 Å². The van der Waals surface area contributed by atoms with Crippen molar-refractivity contribution < 1.29 is 0 Å². The quantitative estimate of drug-likeness (QED) is 0.599. The van der Waals surface area contributed by atoms with Crippen molar-refractivity contribution in [1.29, 1.82) is 0 Å². The molecular formula is C8H10N4. The van der Waals surface area contributed by atoms with Gasteiger partial charge in [-0.2, -0.15) is 0 Å². The maximum absolute atomic E-state index is 3.82. The predicted molar refractivity (Wildman–Crippen MR) is 48.5 cm³/mol. The van der Waals surface area contributed by atoms with Gasteiger partial charge in [0, 0.05) is 37.2 Å². The van der Waals surface area contributed by atoms with Crippen molar-refractivity contribution >= 4 is 6.21 Å². The Morgan fingerprint density at radius 2 is 2.17 bits per heavy atom. The van der Waals surface area contributed by atoms with Crippen LogP contribution in [0, 0.1) is 0 Å². The highest BCUT2D eigenvalue weighted by molar-refractivity contribution is 5.71. The molecule has 2 N–H and O–H groups in total. The second-order valence-electron chi connectivity index (χ2n) is 1.90. The summed E-state index contributed by atoms with van der Waals surface area (Å²) in [5, 5.41) is 2.86. The molecule has 1 aliphatic heterocycles. The van der Waals surface area contributed by atoms with Crippen molar-refractivity contribution in [2.75, 3.05) is 0 Å². The number of hydrogen-bond acceptors (Lipinski definition) is 3. The van der Waals surface area contributed by atoms with Crippen LogP contribution in [0.1, 0.15) is 0 Å². The highest BCUT2D eigenvalue weighted by Gasteiger charge is 1.68. The topological polar surface area (TPSA) is 53.1 Å². The van der Waals surface area contributed by atoms with Gasteiger partial charge in [0.1, 0.15) is 0 Å². The SMILES string of the molecule is C1=CNC=CN=C1.c1c[nH]cn1. The molecule has 0 atom stereocenters. The Bertz CT molecular complexity index is 227. The third-order valence-electron chi connectivity index (χ3n) is 1.03. The minimum atomic E-state index is 1.62. The van der Waals surface area contributed by atoms with Gasteiger partial charge < -0.3 is 10.3 Å². The summed E-state index contributed by atoms with van der Waals surface area (Å²) in [6, 6.07) is 0. The zero-order valence-electron chi connectivity index (χ0n) is 6.51. The van der Waals surface area contributed by atoms with E-state index in [2.05, 4.69) is 20.3 Å². The van der Waals surface area contributed by atoms with E-state index in [-0.39, 0.29) is 0 Å². The van der Waals surface area contributed by atoms with Crippen molar-refractivity contribution in [2.24, 2.45) is 4.99 Å². The molecule has 0 fully saturated rings. The average Bonchev–Trinajstić information content (AvgIpc) is 2.54. The molecule has 1 aromatic rings. The van der Waals surface area contributed by atoms with Crippen molar-refractivity contribution in [2.45, 2.75) is 0 Å². The van der Waals surface area contributed by atoms with Gasteiger partial charge in [-0.1, -0.05) is 0 Å². The summed E-state index contributed by atoms with van der Waals surface area (Å²) < 4.78 is 0. The first-order valence-electron chi connectivity index (χ1n) is 3.52. The second kappa shape index (κ2) is 5.91. The summed E-state index contributed by atoms with van der Waals surface area (Å²) in [7, 11) is 0. The summed E-state index contributed by atoms with van der Waals surface area (Å²) in [6.45, 7) is 0. The van der Waals surface area contributed by atoms with Crippen molar-refractivity contribution in [3.8, 4) is 0 Å². The lowest BCUT2D eigenvalue weighted by molar-refractivity contribution is 1.19. The molecule has 0 aromatic carbocycles. The van der Waals surface area contributed by atoms with Gasteiger partial charge >= 0.3 is 0 Å². The summed E-state index contributed by atoms with van der Waals surface area (Å²) >= 11 is 0. The zero-order chi connectivity index (χ0) is 8.49. The van der Waals surface area contributed by atoms with E-state index in [0.717, 1.165) is 0 Å². The molecule has 2 heterocycles. The van der Waals surface area contributed by atoms with Gasteiger partial charge in [-0.3, -0.25) is 4.99 Å². The average molecular weight is 162 g/mol. The van der Waals surface area contributed by atoms with Crippen LogP contribution in [-0.4, -0.2) is 16.2 Å². The predicted octanol–water partition coefficient (Wildman–Crippen LogP) is 1.05. The number of H-pyrrole nitrogens is 1. The number of aromatic nitrogens is 2. The number of nitrogens with zero attached hydrogens (tertiary/aromatic N) is 2. The van der Waals surface area contributed by atoms with Crippen molar-refractivity contribution in [3.05, 3.63) is 43.4 Å². The van der Waals surface area contributed by atoms with Gasteiger partial charge in [0.25, 0.3) is 0 Å². The van der Waals surface area contributed by atoms with Crippen LogP contribution in [-0.2, 0) is 0 Å². The minimum absolute atomic E-state index is 1.62. The lowest BCUT2D eigenvalue weighted by atomic mass is 10.7. The molecule has 0 saturated heterocycles. The zero-order valence-corrected chi connectivity index (χ0v) is 6.51. The van der Waals surface area contributed by atoms with Crippen LogP contribution in [0.2, 0.25) is 0 Å². The molecule has 0 saturated carbocycles. The third kappa shape index (κ3) is 4.05. The van der Waals surface area contributed by atoms with Crippen LogP contribution in [0.3, 0.4) is 0 Å². The number of allylic oxidation sites excluding steroid dienone is 1. The molecule has 4 heteroatoms. The Labute approximate surface area is 70.8 Å². The van der Waals surface area contributed by atoms with Gasteiger partial charge in [0.2, 0.25) is 0 Å². The summed E-state index contributed by atoms with van der Waals surface area (Å²) in [6.07, 6.45) is 13.9. The first-order chi connectivity index (χ1) is 6.00. The van der Waals surface area contributed by atoms with E-state index in [1.165, 1.54) is 0 Å². The number of imidazole rings is 1. The maximum Gasteiger partial charge on any atom is 0.0919 e. The van der Waals surface area contributed by atoms with Crippen molar-refractivity contribution in [1.82, 2.24) is 15.3 Å². The monoisotopic (exact) mass is 162 g/mol. The molecule has 1 aromatic heterocycles. The smallest absolute Gasteiger partial charge is 0.0919 e. The van der Waals surface area contributed by atoms with E-state index in [1.807, 2.05) is 12.3 Å². The number of rotatable bonds is 0. The van der Waals surface area contributed by atoms with E-state index in [9.17, 15) is 0 Å². The Morgan fingerprint density at radius 3 is 2.83 bits per heavy atom. The van der Waals surface area contributed by atoms with Crippen LogP contribution in [0.15, 0.2) is 48.4 Å². The van der Waals surface area contributed by atoms with E-state index >= 15 is 0 Å². The second-order valence-corrected chi connectivity index (χ2v) is 1.90. The number of aromatic amines is 1. The standard InChI is InChI=1S/C5H6N2.C3H4N2/c1-2-6-4-5-7-3-1;1-2-5-3-4-1/h1-6H;1-3H,(H,4,5). The Hall–Kier alpha value is -1.84. The van der Waals surface area contributed by atoms with Crippen LogP contribution in [0.25, 0.3) is 0 Å². The van der Waals surface area contributed by atoms with Crippen LogP contribution >= 0.6 is 0 Å². The molecule has 0 spiro atoms. The van der Waals surface area contributed by atoms with Gasteiger partial charge in [0.15, 0.2) is 0 Å². The molecule has 1 aliphatic rings. The van der Waals surface area contributed by atoms with E-state index < -0.39 is 0 Å². The molecule has 2 rings (SSSR count). The fraction of sp³-hybridized carbons (Fsp3) is 0. The molecule has 0 bridgehead atoms. The Kier molecular flexibility index (Phi) is 4.07. The van der Waals surface area contributed by atoms with Crippen LogP contribution in [0.5, 0.6) is 0 Å². The maximum atomic E-state index is 3.82. The Morgan fingerprint density at radius 1 is 1.17 bits per heavy atom. The first-order valence-corrected chi connectivity index (χ1v) is 3.52. The van der Waals surface area contributed by atoms with Gasteiger partial charge in [-0.15, -0.1) is 0 Å². The summed E-state index contributed by atoms with van der Waals surface area (Å²) in [5.74, 6) is 0. The fourth-order valence-corrected chi connectivity index (χ4v) is 0.555. The molecule has 12 heavy (non-hydrogen) atoms. The number of hydrogen-bond donors (Lipinski definition) is 2. The van der Waals surface area contributed by atoms with E-state index in [1.54, 1.807) is 37.3 Å². The number of nitrogens with one attached hydrogen (secondary N) is 2. The van der Waals surface area contributed by atoms with E-state index in [0.29, 0.717) is 0 Å². The normalized spacial score (nSPS) is 12.7. The molecule has 0 aliphatic carbocycles. The lowest BCUT2D eigenvalue weighted by Gasteiger charge is -1.78. The summed E-state index contributed by atoms with van der Waals surface area (Å²) in [4.78, 5) is 10.2. The van der Waals surface area contributed by atoms with Gasteiger partial charge in [0.05, 0.1) is 6.33 Å².